The Bertz CT molecular complexity index is 428. The molecule has 0 fully saturated rings. The molecule has 0 aromatic heterocycles. The SMILES string of the molecule is COCCN(CC(=O)O)C(C)c1ccc(CC(C)C)cc1. The summed E-state index contributed by atoms with van der Waals surface area (Å²) in [5.74, 6) is -0.173. The van der Waals surface area contributed by atoms with Crippen LogP contribution in [-0.4, -0.2) is 42.8 Å². The number of methoxy groups -OCH3 is 1. The van der Waals surface area contributed by atoms with Gasteiger partial charge in [0.15, 0.2) is 0 Å². The van der Waals surface area contributed by atoms with Crippen LogP contribution >= 0.6 is 0 Å². The fourth-order valence-corrected chi connectivity index (χ4v) is 2.41. The normalized spacial score (nSPS) is 12.9. The molecular formula is C17H27NO3. The van der Waals surface area contributed by atoms with Crippen LogP contribution in [-0.2, 0) is 16.0 Å². The summed E-state index contributed by atoms with van der Waals surface area (Å²) in [5, 5.41) is 9.04. The largest absolute Gasteiger partial charge is 0.480 e. The molecule has 0 radical (unpaired) electrons. The third kappa shape index (κ3) is 6.27. The van der Waals surface area contributed by atoms with Gasteiger partial charge in [-0.15, -0.1) is 0 Å². The molecule has 0 heterocycles. The molecule has 1 aromatic carbocycles. The summed E-state index contributed by atoms with van der Waals surface area (Å²) in [6.07, 6.45) is 1.07. The molecule has 0 saturated heterocycles. The lowest BCUT2D eigenvalue weighted by atomic mass is 9.99. The zero-order valence-corrected chi connectivity index (χ0v) is 13.5. The summed E-state index contributed by atoms with van der Waals surface area (Å²) >= 11 is 0. The molecule has 0 saturated carbocycles. The molecule has 1 N–H and O–H groups in total. The van der Waals surface area contributed by atoms with Crippen molar-refractivity contribution in [1.29, 1.82) is 0 Å². The van der Waals surface area contributed by atoms with Crippen molar-refractivity contribution < 1.29 is 14.6 Å². The van der Waals surface area contributed by atoms with Crippen molar-refractivity contribution in [2.24, 2.45) is 5.92 Å². The summed E-state index contributed by atoms with van der Waals surface area (Å²) in [6.45, 7) is 7.61. The van der Waals surface area contributed by atoms with E-state index in [0.717, 1.165) is 12.0 Å². The first-order valence-corrected chi connectivity index (χ1v) is 7.47. The lowest BCUT2D eigenvalue weighted by Crippen LogP contribution is -2.35. The Morgan fingerprint density at radius 3 is 2.33 bits per heavy atom. The van der Waals surface area contributed by atoms with Crippen molar-refractivity contribution in [2.45, 2.75) is 33.2 Å². The maximum absolute atomic E-state index is 11.0. The first-order chi connectivity index (χ1) is 9.93. The van der Waals surface area contributed by atoms with Gasteiger partial charge in [0.1, 0.15) is 0 Å². The molecule has 0 bridgehead atoms. The second-order valence-electron chi connectivity index (χ2n) is 5.87. The van der Waals surface area contributed by atoms with Gasteiger partial charge in [-0.3, -0.25) is 9.69 Å². The molecule has 0 aliphatic rings. The number of hydrogen-bond donors (Lipinski definition) is 1. The number of ether oxygens (including phenoxy) is 1. The molecular weight excluding hydrogens is 266 g/mol. The number of rotatable bonds is 9. The van der Waals surface area contributed by atoms with Crippen molar-refractivity contribution in [3.8, 4) is 0 Å². The van der Waals surface area contributed by atoms with Crippen LogP contribution in [0.2, 0.25) is 0 Å². The maximum atomic E-state index is 11.0. The average molecular weight is 293 g/mol. The summed E-state index contributed by atoms with van der Waals surface area (Å²) in [5.41, 5.74) is 2.46. The first kappa shape index (κ1) is 17.7. The molecule has 1 atom stereocenters. The van der Waals surface area contributed by atoms with Crippen molar-refractivity contribution in [3.05, 3.63) is 35.4 Å². The molecule has 1 unspecified atom stereocenters. The maximum Gasteiger partial charge on any atom is 0.317 e. The zero-order valence-electron chi connectivity index (χ0n) is 13.5. The van der Waals surface area contributed by atoms with Crippen LogP contribution in [0.3, 0.4) is 0 Å². The second-order valence-corrected chi connectivity index (χ2v) is 5.87. The topological polar surface area (TPSA) is 49.8 Å². The van der Waals surface area contributed by atoms with Crippen LogP contribution in [0.5, 0.6) is 0 Å². The van der Waals surface area contributed by atoms with Gasteiger partial charge in [-0.05, 0) is 30.4 Å². The third-order valence-electron chi connectivity index (χ3n) is 3.57. The van der Waals surface area contributed by atoms with E-state index < -0.39 is 5.97 Å². The Balaban J connectivity index is 2.76. The molecule has 1 rings (SSSR count). The number of carboxylic acids is 1. The molecule has 4 heteroatoms. The summed E-state index contributed by atoms with van der Waals surface area (Å²) in [6, 6.07) is 8.54. The quantitative estimate of drug-likeness (QED) is 0.760. The van der Waals surface area contributed by atoms with Crippen molar-refractivity contribution in [2.75, 3.05) is 26.8 Å². The van der Waals surface area contributed by atoms with E-state index >= 15 is 0 Å². The van der Waals surface area contributed by atoms with Crippen LogP contribution in [0.4, 0.5) is 0 Å². The number of carboxylic acid groups (broad SMARTS) is 1. The molecule has 0 amide bonds. The van der Waals surface area contributed by atoms with E-state index in [1.54, 1.807) is 7.11 Å². The van der Waals surface area contributed by atoms with Gasteiger partial charge in [0.05, 0.1) is 13.2 Å². The van der Waals surface area contributed by atoms with Gasteiger partial charge in [0.25, 0.3) is 0 Å². The molecule has 118 valence electrons. The number of benzene rings is 1. The van der Waals surface area contributed by atoms with Gasteiger partial charge in [-0.2, -0.15) is 0 Å². The van der Waals surface area contributed by atoms with Gasteiger partial charge >= 0.3 is 5.97 Å². The molecule has 0 aliphatic heterocycles. The van der Waals surface area contributed by atoms with Crippen molar-refractivity contribution in [1.82, 2.24) is 4.90 Å². The highest BCUT2D eigenvalue weighted by Crippen LogP contribution is 2.21. The Labute approximate surface area is 127 Å². The number of carbonyl (C=O) groups is 1. The minimum Gasteiger partial charge on any atom is -0.480 e. The molecule has 1 aromatic rings. The Hall–Kier alpha value is -1.39. The molecule has 21 heavy (non-hydrogen) atoms. The standard InChI is InChI=1S/C17H27NO3/c1-13(2)11-15-5-7-16(8-6-15)14(3)18(9-10-21-4)12-17(19)20/h5-8,13-14H,9-12H2,1-4H3,(H,19,20). The summed E-state index contributed by atoms with van der Waals surface area (Å²) in [7, 11) is 1.63. The van der Waals surface area contributed by atoms with Gasteiger partial charge in [0.2, 0.25) is 0 Å². The number of nitrogens with zero attached hydrogens (tertiary/aromatic N) is 1. The van der Waals surface area contributed by atoms with Gasteiger partial charge in [0, 0.05) is 19.7 Å². The van der Waals surface area contributed by atoms with Gasteiger partial charge in [-0.25, -0.2) is 0 Å². The lowest BCUT2D eigenvalue weighted by molar-refractivity contribution is -0.139. The van der Waals surface area contributed by atoms with Crippen LogP contribution in [0.25, 0.3) is 0 Å². The summed E-state index contributed by atoms with van der Waals surface area (Å²) in [4.78, 5) is 12.9. The van der Waals surface area contributed by atoms with E-state index in [-0.39, 0.29) is 12.6 Å². The predicted molar refractivity (Wildman–Crippen MR) is 84.5 cm³/mol. The smallest absolute Gasteiger partial charge is 0.317 e. The number of hydrogen-bond acceptors (Lipinski definition) is 3. The number of aliphatic carboxylic acids is 1. The van der Waals surface area contributed by atoms with E-state index in [2.05, 4.69) is 38.1 Å². The minimum atomic E-state index is -0.811. The minimum absolute atomic E-state index is 0.0261. The van der Waals surface area contributed by atoms with E-state index in [1.165, 1.54) is 5.56 Å². The second kappa shape index (κ2) is 8.80. The molecule has 0 aliphatic carbocycles. The van der Waals surface area contributed by atoms with E-state index in [0.29, 0.717) is 19.1 Å². The zero-order chi connectivity index (χ0) is 15.8. The van der Waals surface area contributed by atoms with Crippen LogP contribution in [0.15, 0.2) is 24.3 Å². The van der Waals surface area contributed by atoms with Crippen LogP contribution < -0.4 is 0 Å². The highest BCUT2D eigenvalue weighted by Gasteiger charge is 2.18. The Morgan fingerprint density at radius 1 is 1.24 bits per heavy atom. The van der Waals surface area contributed by atoms with Gasteiger partial charge in [-0.1, -0.05) is 38.1 Å². The highest BCUT2D eigenvalue weighted by molar-refractivity contribution is 5.69. The monoisotopic (exact) mass is 293 g/mol. The van der Waals surface area contributed by atoms with E-state index in [1.807, 2.05) is 11.8 Å². The van der Waals surface area contributed by atoms with Crippen LogP contribution in [0.1, 0.15) is 37.9 Å². The molecule has 0 spiro atoms. The van der Waals surface area contributed by atoms with Gasteiger partial charge < -0.3 is 9.84 Å². The fraction of sp³-hybridized carbons (Fsp3) is 0.588. The van der Waals surface area contributed by atoms with Crippen LogP contribution in [0, 0.1) is 5.92 Å². The summed E-state index contributed by atoms with van der Waals surface area (Å²) < 4.78 is 5.07. The lowest BCUT2D eigenvalue weighted by Gasteiger charge is -2.27. The first-order valence-electron chi connectivity index (χ1n) is 7.47. The highest BCUT2D eigenvalue weighted by atomic mass is 16.5. The third-order valence-corrected chi connectivity index (χ3v) is 3.57. The van der Waals surface area contributed by atoms with Crippen molar-refractivity contribution >= 4 is 5.97 Å². The molecule has 4 nitrogen and oxygen atoms in total. The predicted octanol–water partition coefficient (Wildman–Crippen LogP) is 2.98. The van der Waals surface area contributed by atoms with E-state index in [4.69, 9.17) is 9.84 Å². The Kier molecular flexibility index (Phi) is 7.40. The Morgan fingerprint density at radius 2 is 1.86 bits per heavy atom. The van der Waals surface area contributed by atoms with Crippen molar-refractivity contribution in [3.63, 3.8) is 0 Å². The average Bonchev–Trinajstić information content (AvgIpc) is 2.42. The fourth-order valence-electron chi connectivity index (χ4n) is 2.41. The van der Waals surface area contributed by atoms with E-state index in [9.17, 15) is 4.79 Å².